The van der Waals surface area contributed by atoms with E-state index in [2.05, 4.69) is 0 Å². The summed E-state index contributed by atoms with van der Waals surface area (Å²) in [6.45, 7) is 0.157. The van der Waals surface area contributed by atoms with Crippen LogP contribution in [0.3, 0.4) is 0 Å². The Bertz CT molecular complexity index is 487. The lowest BCUT2D eigenvalue weighted by Gasteiger charge is -2.12. The first-order valence-electron chi connectivity index (χ1n) is 4.65. The van der Waals surface area contributed by atoms with Gasteiger partial charge in [0.2, 0.25) is 5.91 Å². The summed E-state index contributed by atoms with van der Waals surface area (Å²) in [6, 6.07) is 3.21. The molecule has 84 valence electrons. The topological polar surface area (TPSA) is 89.4 Å². The van der Waals surface area contributed by atoms with E-state index in [1.165, 1.54) is 4.90 Å². The van der Waals surface area contributed by atoms with Crippen molar-refractivity contribution in [3.8, 4) is 0 Å². The van der Waals surface area contributed by atoms with Crippen molar-refractivity contribution >= 4 is 29.1 Å². The van der Waals surface area contributed by atoms with Crippen molar-refractivity contribution in [2.75, 3.05) is 12.3 Å². The molecule has 1 aromatic rings. The minimum absolute atomic E-state index is 0.122. The molecule has 0 aliphatic carbocycles. The number of hydrogen-bond acceptors (Lipinski definition) is 3. The molecular weight excluding hydrogens is 230 g/mol. The molecule has 1 aromatic carbocycles. The van der Waals surface area contributed by atoms with Crippen molar-refractivity contribution in [3.63, 3.8) is 0 Å². The van der Waals surface area contributed by atoms with Crippen molar-refractivity contribution in [2.24, 2.45) is 5.73 Å². The predicted octanol–water partition coefficient (Wildman–Crippen LogP) is 0.363. The van der Waals surface area contributed by atoms with E-state index in [0.29, 0.717) is 21.8 Å². The lowest BCUT2D eigenvalue weighted by atomic mass is 10.1. The molecule has 0 spiro atoms. The van der Waals surface area contributed by atoms with E-state index in [9.17, 15) is 9.59 Å². The van der Waals surface area contributed by atoms with Gasteiger partial charge in [-0.1, -0.05) is 11.6 Å². The average Bonchev–Trinajstić information content (AvgIpc) is 2.51. The van der Waals surface area contributed by atoms with E-state index in [0.717, 1.165) is 0 Å². The number of fused-ring (bicyclic) bond motifs is 1. The molecule has 0 bridgehead atoms. The molecule has 0 saturated carbocycles. The van der Waals surface area contributed by atoms with E-state index in [1.807, 2.05) is 0 Å². The van der Waals surface area contributed by atoms with Gasteiger partial charge in [0, 0.05) is 22.8 Å². The van der Waals surface area contributed by atoms with Gasteiger partial charge in [-0.05, 0) is 12.1 Å². The van der Waals surface area contributed by atoms with Crippen molar-refractivity contribution in [2.45, 2.75) is 6.54 Å². The molecule has 1 aliphatic heterocycles. The number of halogens is 1. The van der Waals surface area contributed by atoms with Gasteiger partial charge in [0.15, 0.2) is 0 Å². The fourth-order valence-electron chi connectivity index (χ4n) is 1.78. The highest BCUT2D eigenvalue weighted by Gasteiger charge is 2.31. The number of anilines is 1. The maximum absolute atomic E-state index is 11.9. The van der Waals surface area contributed by atoms with Gasteiger partial charge in [-0.3, -0.25) is 9.59 Å². The molecule has 0 saturated heterocycles. The van der Waals surface area contributed by atoms with Crippen LogP contribution in [0.15, 0.2) is 12.1 Å². The maximum Gasteiger partial charge on any atom is 0.257 e. The molecule has 5 nitrogen and oxygen atoms in total. The average molecular weight is 240 g/mol. The van der Waals surface area contributed by atoms with Crippen molar-refractivity contribution in [1.29, 1.82) is 0 Å². The Balaban J connectivity index is 2.42. The number of carbonyl (C=O) groups excluding carboxylic acids is 2. The summed E-state index contributed by atoms with van der Waals surface area (Å²) in [5.41, 5.74) is 12.2. The minimum Gasteiger partial charge on any atom is -0.398 e. The summed E-state index contributed by atoms with van der Waals surface area (Å²) < 4.78 is 0. The second-order valence-electron chi connectivity index (χ2n) is 3.62. The Morgan fingerprint density at radius 3 is 2.75 bits per heavy atom. The maximum atomic E-state index is 11.9. The van der Waals surface area contributed by atoms with Crippen LogP contribution in [0.4, 0.5) is 5.69 Å². The molecule has 2 rings (SSSR count). The van der Waals surface area contributed by atoms with E-state index >= 15 is 0 Å². The molecule has 1 heterocycles. The monoisotopic (exact) mass is 239 g/mol. The number of nitrogens with zero attached hydrogens (tertiary/aromatic N) is 1. The molecule has 0 fully saturated rings. The van der Waals surface area contributed by atoms with Gasteiger partial charge in [0.05, 0.1) is 12.1 Å². The van der Waals surface area contributed by atoms with Crippen LogP contribution >= 0.6 is 11.6 Å². The van der Waals surface area contributed by atoms with Gasteiger partial charge < -0.3 is 16.4 Å². The Morgan fingerprint density at radius 2 is 2.19 bits per heavy atom. The van der Waals surface area contributed by atoms with Gasteiger partial charge >= 0.3 is 0 Å². The molecular formula is C10H10ClN3O2. The van der Waals surface area contributed by atoms with Crippen molar-refractivity contribution in [1.82, 2.24) is 4.90 Å². The van der Waals surface area contributed by atoms with Crippen LogP contribution in [0.5, 0.6) is 0 Å². The number of amides is 2. The van der Waals surface area contributed by atoms with Crippen LogP contribution in [0.2, 0.25) is 5.02 Å². The second kappa shape index (κ2) is 3.68. The third kappa shape index (κ3) is 1.59. The van der Waals surface area contributed by atoms with Crippen molar-refractivity contribution < 1.29 is 9.59 Å². The van der Waals surface area contributed by atoms with Gasteiger partial charge in [-0.25, -0.2) is 0 Å². The largest absolute Gasteiger partial charge is 0.398 e. The first-order chi connectivity index (χ1) is 7.50. The number of primary amides is 1. The quantitative estimate of drug-likeness (QED) is 0.731. The Hall–Kier alpha value is -1.75. The van der Waals surface area contributed by atoms with Crippen LogP contribution < -0.4 is 11.5 Å². The van der Waals surface area contributed by atoms with Crippen LogP contribution in [-0.4, -0.2) is 23.3 Å². The lowest BCUT2D eigenvalue weighted by Crippen LogP contribution is -2.33. The summed E-state index contributed by atoms with van der Waals surface area (Å²) in [7, 11) is 0. The highest BCUT2D eigenvalue weighted by molar-refractivity contribution is 6.32. The molecule has 16 heavy (non-hydrogen) atoms. The third-order valence-corrected chi connectivity index (χ3v) is 2.84. The minimum atomic E-state index is -0.559. The number of rotatable bonds is 2. The van der Waals surface area contributed by atoms with Crippen LogP contribution in [0, 0.1) is 0 Å². The van der Waals surface area contributed by atoms with Crippen LogP contribution in [0.25, 0.3) is 0 Å². The van der Waals surface area contributed by atoms with E-state index in [1.54, 1.807) is 12.1 Å². The SMILES string of the molecule is NC(=O)CN1Cc2c(Cl)ccc(N)c2C1=O. The Morgan fingerprint density at radius 1 is 1.50 bits per heavy atom. The summed E-state index contributed by atoms with van der Waals surface area (Å²) >= 11 is 5.96. The highest BCUT2D eigenvalue weighted by Crippen LogP contribution is 2.32. The molecule has 2 amide bonds. The zero-order chi connectivity index (χ0) is 11.9. The number of carbonyl (C=O) groups is 2. The molecule has 0 aromatic heterocycles. The first kappa shape index (κ1) is 10.8. The van der Waals surface area contributed by atoms with E-state index < -0.39 is 5.91 Å². The number of hydrogen-bond donors (Lipinski definition) is 2. The van der Waals surface area contributed by atoms with Crippen LogP contribution in [-0.2, 0) is 11.3 Å². The molecule has 4 N–H and O–H groups in total. The summed E-state index contributed by atoms with van der Waals surface area (Å²) in [5, 5.41) is 0.476. The summed E-state index contributed by atoms with van der Waals surface area (Å²) in [4.78, 5) is 24.0. The fourth-order valence-corrected chi connectivity index (χ4v) is 2.00. The Kier molecular flexibility index (Phi) is 2.47. The van der Waals surface area contributed by atoms with E-state index in [4.69, 9.17) is 23.1 Å². The molecule has 1 aliphatic rings. The number of nitrogen functional groups attached to an aromatic ring is 1. The van der Waals surface area contributed by atoms with Gasteiger partial charge in [-0.2, -0.15) is 0 Å². The number of benzene rings is 1. The summed E-state index contributed by atoms with van der Waals surface area (Å²) in [5.74, 6) is -0.857. The molecule has 6 heteroatoms. The fraction of sp³-hybridized carbons (Fsp3) is 0.200. The van der Waals surface area contributed by atoms with E-state index in [-0.39, 0.29) is 19.0 Å². The second-order valence-corrected chi connectivity index (χ2v) is 4.02. The zero-order valence-electron chi connectivity index (χ0n) is 8.37. The van der Waals surface area contributed by atoms with Gasteiger partial charge in [0.1, 0.15) is 0 Å². The Labute approximate surface area is 97.0 Å². The normalized spacial score (nSPS) is 14.1. The number of nitrogens with two attached hydrogens (primary N) is 2. The molecule has 0 radical (unpaired) electrons. The lowest BCUT2D eigenvalue weighted by molar-refractivity contribution is -0.118. The zero-order valence-corrected chi connectivity index (χ0v) is 9.12. The smallest absolute Gasteiger partial charge is 0.257 e. The molecule has 0 atom stereocenters. The first-order valence-corrected chi connectivity index (χ1v) is 5.03. The van der Waals surface area contributed by atoms with Gasteiger partial charge in [0.25, 0.3) is 5.91 Å². The van der Waals surface area contributed by atoms with Crippen LogP contribution in [0.1, 0.15) is 15.9 Å². The van der Waals surface area contributed by atoms with Crippen molar-refractivity contribution in [3.05, 3.63) is 28.3 Å². The molecule has 0 unspecified atom stereocenters. The third-order valence-electron chi connectivity index (χ3n) is 2.48. The highest BCUT2D eigenvalue weighted by atomic mass is 35.5. The summed E-state index contributed by atoms with van der Waals surface area (Å²) in [6.07, 6.45) is 0. The predicted molar refractivity (Wildman–Crippen MR) is 59.8 cm³/mol. The standard InChI is InChI=1S/C10H10ClN3O2/c11-6-1-2-7(12)9-5(6)3-14(10(9)16)4-8(13)15/h1-2H,3-4,12H2,(H2,13,15). The van der Waals surface area contributed by atoms with Gasteiger partial charge in [-0.15, -0.1) is 0 Å².